The van der Waals surface area contributed by atoms with Gasteiger partial charge in [0.15, 0.2) is 0 Å². The molecule has 1 aromatic rings. The molecule has 1 atom stereocenters. The number of carbonyl (C=O) groups is 3. The summed E-state index contributed by atoms with van der Waals surface area (Å²) in [4.78, 5) is 40.6. The molecular formula is C22H31BrN2O7. The molecule has 1 fully saturated rings. The zero-order chi connectivity index (χ0) is 24.4. The van der Waals surface area contributed by atoms with E-state index in [-0.39, 0.29) is 11.3 Å². The summed E-state index contributed by atoms with van der Waals surface area (Å²) < 4.78 is 11.3. The smallest absolute Gasteiger partial charge is 0.424 e. The number of amides is 2. The standard InChI is InChI=1S/C22H31BrN2O7/c1-21(2,3)31-19(29)25(20(30)32-22(4,5)6)17-9-13(11-24-8-7-14(26)12-24)16(23)10-15(17)18(27)28/h9-10,14,26H,7-8,11-12H2,1-6H3,(H,27,28). The number of hydrogen-bond donors (Lipinski definition) is 2. The number of carboxylic acid groups (broad SMARTS) is 1. The fourth-order valence-corrected chi connectivity index (χ4v) is 3.63. The zero-order valence-corrected chi connectivity index (χ0v) is 20.9. The normalized spacial score (nSPS) is 17.2. The Morgan fingerprint density at radius 3 is 2.03 bits per heavy atom. The molecule has 0 spiro atoms. The van der Waals surface area contributed by atoms with Gasteiger partial charge in [0.1, 0.15) is 11.2 Å². The molecule has 10 heteroatoms. The van der Waals surface area contributed by atoms with Gasteiger partial charge in [0, 0.05) is 24.1 Å². The topological polar surface area (TPSA) is 117 Å². The molecule has 0 aliphatic carbocycles. The van der Waals surface area contributed by atoms with Gasteiger partial charge in [-0.1, -0.05) is 15.9 Å². The minimum Gasteiger partial charge on any atom is -0.478 e. The maximum Gasteiger partial charge on any atom is 0.424 e. The number of aromatic carboxylic acids is 1. The SMILES string of the molecule is CC(C)(C)OC(=O)N(C(=O)OC(C)(C)C)c1cc(CN2CCC(O)C2)c(Br)cc1C(=O)O. The molecule has 2 amide bonds. The number of hydrogen-bond acceptors (Lipinski definition) is 7. The second-order valence-electron chi connectivity index (χ2n) is 9.74. The van der Waals surface area contributed by atoms with Crippen LogP contribution in [0.15, 0.2) is 16.6 Å². The maximum absolute atomic E-state index is 13.0. The fourth-order valence-electron chi connectivity index (χ4n) is 3.17. The summed E-state index contributed by atoms with van der Waals surface area (Å²) in [5.41, 5.74) is -1.62. The highest BCUT2D eigenvalue weighted by molar-refractivity contribution is 9.10. The first kappa shape index (κ1) is 26.1. The third-order valence-electron chi connectivity index (χ3n) is 4.43. The molecule has 0 bridgehead atoms. The number of nitrogens with zero attached hydrogens (tertiary/aromatic N) is 2. The molecule has 0 aromatic heterocycles. The van der Waals surface area contributed by atoms with Gasteiger partial charge in [-0.15, -0.1) is 0 Å². The van der Waals surface area contributed by atoms with Crippen molar-refractivity contribution in [1.29, 1.82) is 0 Å². The number of rotatable bonds is 4. The second-order valence-corrected chi connectivity index (χ2v) is 10.6. The van der Waals surface area contributed by atoms with Crippen LogP contribution in [-0.2, 0) is 16.0 Å². The molecule has 1 saturated heterocycles. The number of halogens is 1. The zero-order valence-electron chi connectivity index (χ0n) is 19.3. The predicted octanol–water partition coefficient (Wildman–Crippen LogP) is 4.39. The fraction of sp³-hybridized carbons (Fsp3) is 0.591. The largest absolute Gasteiger partial charge is 0.478 e. The van der Waals surface area contributed by atoms with E-state index in [4.69, 9.17) is 9.47 Å². The summed E-state index contributed by atoms with van der Waals surface area (Å²) in [6, 6.07) is 2.81. The molecule has 32 heavy (non-hydrogen) atoms. The number of imide groups is 1. The Hall–Kier alpha value is -2.17. The van der Waals surface area contributed by atoms with Crippen LogP contribution in [0.2, 0.25) is 0 Å². The maximum atomic E-state index is 13.0. The third-order valence-corrected chi connectivity index (χ3v) is 5.17. The lowest BCUT2D eigenvalue weighted by Gasteiger charge is -2.29. The highest BCUT2D eigenvalue weighted by atomic mass is 79.9. The molecule has 0 radical (unpaired) electrons. The number of ether oxygens (including phenoxy) is 2. The van der Waals surface area contributed by atoms with Crippen LogP contribution in [0.3, 0.4) is 0 Å². The number of carbonyl (C=O) groups excluding carboxylic acids is 2. The first-order valence-corrected chi connectivity index (χ1v) is 11.1. The minimum atomic E-state index is -1.32. The van der Waals surface area contributed by atoms with Gasteiger partial charge in [-0.2, -0.15) is 4.90 Å². The van der Waals surface area contributed by atoms with E-state index >= 15 is 0 Å². The highest BCUT2D eigenvalue weighted by Crippen LogP contribution is 2.32. The lowest BCUT2D eigenvalue weighted by Crippen LogP contribution is -2.44. The van der Waals surface area contributed by atoms with Gasteiger partial charge in [-0.05, 0) is 65.7 Å². The van der Waals surface area contributed by atoms with Crippen molar-refractivity contribution in [2.75, 3.05) is 18.0 Å². The van der Waals surface area contributed by atoms with E-state index in [0.29, 0.717) is 41.0 Å². The summed E-state index contributed by atoms with van der Waals surface area (Å²) >= 11 is 3.39. The van der Waals surface area contributed by atoms with Crippen molar-refractivity contribution < 1.29 is 34.1 Å². The van der Waals surface area contributed by atoms with E-state index in [2.05, 4.69) is 15.9 Å². The van der Waals surface area contributed by atoms with Crippen LogP contribution in [0.25, 0.3) is 0 Å². The van der Waals surface area contributed by atoms with Crippen LogP contribution in [-0.4, -0.2) is 63.7 Å². The Morgan fingerprint density at radius 1 is 1.09 bits per heavy atom. The Balaban J connectivity index is 2.57. The Kier molecular flexibility index (Phi) is 7.96. The van der Waals surface area contributed by atoms with Gasteiger partial charge in [0.05, 0.1) is 17.4 Å². The van der Waals surface area contributed by atoms with E-state index < -0.39 is 35.5 Å². The molecule has 1 aliphatic heterocycles. The van der Waals surface area contributed by atoms with E-state index in [0.717, 1.165) is 0 Å². The van der Waals surface area contributed by atoms with Crippen molar-refractivity contribution in [3.05, 3.63) is 27.7 Å². The van der Waals surface area contributed by atoms with E-state index in [1.165, 1.54) is 12.1 Å². The van der Waals surface area contributed by atoms with Crippen molar-refractivity contribution >= 4 is 39.8 Å². The van der Waals surface area contributed by atoms with Crippen LogP contribution in [0.1, 0.15) is 63.9 Å². The molecule has 1 aliphatic rings. The monoisotopic (exact) mass is 514 g/mol. The summed E-state index contributed by atoms with van der Waals surface area (Å²) in [6.07, 6.45) is -1.87. The highest BCUT2D eigenvalue weighted by Gasteiger charge is 2.36. The minimum absolute atomic E-state index is 0.154. The van der Waals surface area contributed by atoms with E-state index in [9.17, 15) is 24.6 Å². The van der Waals surface area contributed by atoms with E-state index in [1.807, 2.05) is 4.90 Å². The lowest BCUT2D eigenvalue weighted by atomic mass is 10.1. The van der Waals surface area contributed by atoms with Crippen LogP contribution in [0.5, 0.6) is 0 Å². The molecule has 1 unspecified atom stereocenters. The van der Waals surface area contributed by atoms with Gasteiger partial charge < -0.3 is 19.7 Å². The van der Waals surface area contributed by atoms with Crippen molar-refractivity contribution in [3.63, 3.8) is 0 Å². The van der Waals surface area contributed by atoms with Crippen molar-refractivity contribution in [3.8, 4) is 0 Å². The number of anilines is 1. The van der Waals surface area contributed by atoms with Crippen molar-refractivity contribution in [2.24, 2.45) is 0 Å². The van der Waals surface area contributed by atoms with Crippen LogP contribution < -0.4 is 4.90 Å². The molecule has 178 valence electrons. The van der Waals surface area contributed by atoms with Crippen LogP contribution in [0, 0.1) is 0 Å². The molecule has 9 nitrogen and oxygen atoms in total. The predicted molar refractivity (Wildman–Crippen MR) is 122 cm³/mol. The first-order valence-electron chi connectivity index (χ1n) is 10.3. The number of likely N-dealkylation sites (tertiary alicyclic amines) is 1. The van der Waals surface area contributed by atoms with Gasteiger partial charge in [-0.3, -0.25) is 4.90 Å². The molecule has 0 saturated carbocycles. The van der Waals surface area contributed by atoms with Crippen LogP contribution >= 0.6 is 15.9 Å². The lowest BCUT2D eigenvalue weighted by molar-refractivity contribution is 0.0430. The number of aliphatic hydroxyl groups is 1. The Morgan fingerprint density at radius 2 is 1.62 bits per heavy atom. The van der Waals surface area contributed by atoms with Crippen LogP contribution in [0.4, 0.5) is 15.3 Å². The van der Waals surface area contributed by atoms with Crippen molar-refractivity contribution in [1.82, 2.24) is 4.90 Å². The number of benzene rings is 1. The summed E-state index contributed by atoms with van der Waals surface area (Å²) in [5.74, 6) is -1.32. The molecule has 1 heterocycles. The average Bonchev–Trinajstić information content (AvgIpc) is 2.99. The molecule has 2 rings (SSSR count). The third kappa shape index (κ3) is 7.18. The Labute approximate surface area is 196 Å². The summed E-state index contributed by atoms with van der Waals surface area (Å²) in [6.45, 7) is 11.4. The number of carboxylic acids is 1. The number of aliphatic hydroxyl groups excluding tert-OH is 1. The first-order chi connectivity index (χ1) is 14.6. The summed E-state index contributed by atoms with van der Waals surface area (Å²) in [7, 11) is 0. The second kappa shape index (κ2) is 9.76. The Bertz CT molecular complexity index is 861. The van der Waals surface area contributed by atoms with Gasteiger partial charge in [0.25, 0.3) is 0 Å². The van der Waals surface area contributed by atoms with Gasteiger partial charge >= 0.3 is 18.2 Å². The molecular weight excluding hydrogens is 484 g/mol. The van der Waals surface area contributed by atoms with Crippen molar-refractivity contribution in [2.45, 2.75) is 71.8 Å². The average molecular weight is 515 g/mol. The van der Waals surface area contributed by atoms with Gasteiger partial charge in [0.2, 0.25) is 0 Å². The summed E-state index contributed by atoms with van der Waals surface area (Å²) in [5, 5.41) is 19.6. The molecule has 1 aromatic carbocycles. The quantitative estimate of drug-likeness (QED) is 0.607. The molecule has 2 N–H and O–H groups in total. The number of β-amino-alcohol motifs (C(OH)–C–C–N with tert-alkyl or cyclic N) is 1. The van der Waals surface area contributed by atoms with E-state index in [1.54, 1.807) is 41.5 Å². The van der Waals surface area contributed by atoms with Gasteiger partial charge in [-0.25, -0.2) is 14.4 Å².